The molecular formula is C15H20O2. The van der Waals surface area contributed by atoms with Gasteiger partial charge in [0.1, 0.15) is 5.75 Å². The highest BCUT2D eigenvalue weighted by Gasteiger charge is 2.07. The van der Waals surface area contributed by atoms with Crippen LogP contribution in [0, 0.1) is 0 Å². The van der Waals surface area contributed by atoms with Crippen LogP contribution in [0.15, 0.2) is 35.9 Å². The van der Waals surface area contributed by atoms with Crippen LogP contribution in [0.1, 0.15) is 43.5 Å². The molecule has 17 heavy (non-hydrogen) atoms. The Kier molecular flexibility index (Phi) is 5.47. The Morgan fingerprint density at radius 3 is 2.35 bits per heavy atom. The normalized spacial score (nSPS) is 11.4. The second-order valence-electron chi connectivity index (χ2n) is 3.95. The van der Waals surface area contributed by atoms with E-state index in [2.05, 4.69) is 19.9 Å². The van der Waals surface area contributed by atoms with Crippen LogP contribution in [0.2, 0.25) is 0 Å². The van der Waals surface area contributed by atoms with Crippen molar-refractivity contribution in [3.05, 3.63) is 41.5 Å². The molecule has 0 unspecified atom stereocenters. The summed E-state index contributed by atoms with van der Waals surface area (Å²) in [7, 11) is 1.62. The van der Waals surface area contributed by atoms with Crippen LogP contribution in [0.4, 0.5) is 0 Å². The zero-order valence-electron chi connectivity index (χ0n) is 10.8. The number of carbonyl (C=O) groups excluding carboxylic acids is 1. The molecule has 0 spiro atoms. The first-order chi connectivity index (χ1) is 8.21. The molecule has 0 bridgehead atoms. The van der Waals surface area contributed by atoms with E-state index in [4.69, 9.17) is 4.74 Å². The van der Waals surface area contributed by atoms with Gasteiger partial charge in [-0.15, -0.1) is 0 Å². The molecule has 0 amide bonds. The van der Waals surface area contributed by atoms with Crippen molar-refractivity contribution in [3.63, 3.8) is 0 Å². The Morgan fingerprint density at radius 1 is 1.24 bits per heavy atom. The van der Waals surface area contributed by atoms with Gasteiger partial charge in [0.25, 0.3) is 0 Å². The fourth-order valence-electron chi connectivity index (χ4n) is 1.72. The van der Waals surface area contributed by atoms with Crippen LogP contribution in [-0.2, 0) is 0 Å². The van der Waals surface area contributed by atoms with E-state index >= 15 is 0 Å². The van der Waals surface area contributed by atoms with Crippen molar-refractivity contribution in [1.29, 1.82) is 0 Å². The third-order valence-electron chi connectivity index (χ3n) is 2.75. The Morgan fingerprint density at radius 2 is 1.88 bits per heavy atom. The lowest BCUT2D eigenvalue weighted by molar-refractivity contribution is 0.0992. The summed E-state index contributed by atoms with van der Waals surface area (Å²) in [5.74, 6) is 0.954. The van der Waals surface area contributed by atoms with Crippen LogP contribution in [0.5, 0.6) is 5.75 Å². The Labute approximate surface area is 103 Å². The van der Waals surface area contributed by atoms with Crippen LogP contribution in [0.3, 0.4) is 0 Å². The summed E-state index contributed by atoms with van der Waals surface area (Å²) in [6.45, 7) is 4.18. The summed E-state index contributed by atoms with van der Waals surface area (Å²) >= 11 is 0. The van der Waals surface area contributed by atoms with E-state index in [1.54, 1.807) is 7.11 Å². The number of Topliss-reactive ketones (excluding diaryl/α,β-unsaturated/α-hetero) is 1. The third-order valence-corrected chi connectivity index (χ3v) is 2.75. The summed E-state index contributed by atoms with van der Waals surface area (Å²) in [6, 6.07) is 7.28. The highest BCUT2D eigenvalue weighted by atomic mass is 16.5. The van der Waals surface area contributed by atoms with Crippen LogP contribution >= 0.6 is 0 Å². The Hall–Kier alpha value is -1.57. The van der Waals surface area contributed by atoms with Gasteiger partial charge < -0.3 is 4.74 Å². The van der Waals surface area contributed by atoms with Gasteiger partial charge in [-0.1, -0.05) is 25.5 Å². The van der Waals surface area contributed by atoms with Gasteiger partial charge in [0.2, 0.25) is 0 Å². The molecule has 0 aliphatic rings. The molecule has 0 aliphatic carbocycles. The van der Waals surface area contributed by atoms with Crippen LogP contribution < -0.4 is 4.74 Å². The first kappa shape index (κ1) is 13.5. The number of hydrogen-bond acceptors (Lipinski definition) is 2. The maximum atomic E-state index is 12.0. The number of allylic oxidation sites excluding steroid dienone is 2. The van der Waals surface area contributed by atoms with Gasteiger partial charge in [-0.05, 0) is 37.1 Å². The van der Waals surface area contributed by atoms with Gasteiger partial charge in [0.05, 0.1) is 7.11 Å². The number of ketones is 1. The molecule has 0 atom stereocenters. The number of rotatable bonds is 6. The topological polar surface area (TPSA) is 26.3 Å². The first-order valence-electron chi connectivity index (χ1n) is 6.06. The maximum Gasteiger partial charge on any atom is 0.166 e. The minimum Gasteiger partial charge on any atom is -0.497 e. The number of carbonyl (C=O) groups is 1. The average molecular weight is 232 g/mol. The lowest BCUT2D eigenvalue weighted by atomic mass is 10.0. The quantitative estimate of drug-likeness (QED) is 0.547. The van der Waals surface area contributed by atoms with Crippen molar-refractivity contribution in [3.8, 4) is 5.75 Å². The molecular weight excluding hydrogens is 212 g/mol. The van der Waals surface area contributed by atoms with E-state index in [9.17, 15) is 4.79 Å². The number of benzene rings is 1. The Balaban J connectivity index is 2.72. The molecule has 1 aromatic rings. The van der Waals surface area contributed by atoms with E-state index < -0.39 is 0 Å². The predicted molar refractivity (Wildman–Crippen MR) is 70.6 cm³/mol. The highest BCUT2D eigenvalue weighted by Crippen LogP contribution is 2.16. The minimum absolute atomic E-state index is 0.175. The molecule has 0 saturated carbocycles. The molecule has 0 saturated heterocycles. The summed E-state index contributed by atoms with van der Waals surface area (Å²) in [4.78, 5) is 12.0. The zero-order chi connectivity index (χ0) is 12.7. The largest absolute Gasteiger partial charge is 0.497 e. The van der Waals surface area contributed by atoms with Crippen molar-refractivity contribution in [2.45, 2.75) is 33.1 Å². The van der Waals surface area contributed by atoms with E-state index in [1.165, 1.54) is 5.57 Å². The maximum absolute atomic E-state index is 12.0. The molecule has 1 rings (SSSR count). The molecule has 0 radical (unpaired) electrons. The molecule has 0 aliphatic heterocycles. The molecule has 2 nitrogen and oxygen atoms in total. The summed E-state index contributed by atoms with van der Waals surface area (Å²) in [6.07, 6.45) is 4.59. The molecule has 92 valence electrons. The molecule has 0 aromatic heterocycles. The summed E-state index contributed by atoms with van der Waals surface area (Å²) < 4.78 is 5.07. The molecule has 0 heterocycles. The number of methoxy groups -OCH3 is 1. The SMILES string of the molecule is CC/C=C(/CC)CC(=O)c1ccc(OC)cc1. The van der Waals surface area contributed by atoms with E-state index in [1.807, 2.05) is 24.3 Å². The summed E-state index contributed by atoms with van der Waals surface area (Å²) in [5, 5.41) is 0. The average Bonchev–Trinajstić information content (AvgIpc) is 2.38. The van der Waals surface area contributed by atoms with E-state index in [-0.39, 0.29) is 5.78 Å². The van der Waals surface area contributed by atoms with Gasteiger partial charge in [-0.25, -0.2) is 0 Å². The van der Waals surface area contributed by atoms with Crippen molar-refractivity contribution in [2.75, 3.05) is 7.11 Å². The fourth-order valence-corrected chi connectivity index (χ4v) is 1.72. The molecule has 2 heteroatoms. The van der Waals surface area contributed by atoms with Gasteiger partial charge in [-0.3, -0.25) is 4.79 Å². The molecule has 1 aromatic carbocycles. The summed E-state index contributed by atoms with van der Waals surface area (Å²) in [5.41, 5.74) is 1.97. The molecule has 0 fully saturated rings. The van der Waals surface area contributed by atoms with Crippen molar-refractivity contribution in [1.82, 2.24) is 0 Å². The molecule has 0 N–H and O–H groups in total. The van der Waals surface area contributed by atoms with Crippen LogP contribution in [0.25, 0.3) is 0 Å². The third kappa shape index (κ3) is 4.06. The van der Waals surface area contributed by atoms with Crippen LogP contribution in [-0.4, -0.2) is 12.9 Å². The first-order valence-corrected chi connectivity index (χ1v) is 6.06. The smallest absolute Gasteiger partial charge is 0.166 e. The van der Waals surface area contributed by atoms with Gasteiger partial charge >= 0.3 is 0 Å². The second kappa shape index (κ2) is 6.89. The number of hydrogen-bond donors (Lipinski definition) is 0. The van der Waals surface area contributed by atoms with Crippen molar-refractivity contribution < 1.29 is 9.53 Å². The van der Waals surface area contributed by atoms with Crippen molar-refractivity contribution >= 4 is 5.78 Å². The number of ether oxygens (including phenoxy) is 1. The monoisotopic (exact) mass is 232 g/mol. The highest BCUT2D eigenvalue weighted by molar-refractivity contribution is 5.97. The van der Waals surface area contributed by atoms with Crippen molar-refractivity contribution in [2.24, 2.45) is 0 Å². The van der Waals surface area contributed by atoms with Gasteiger partial charge in [0.15, 0.2) is 5.78 Å². The predicted octanol–water partition coefficient (Wildman–Crippen LogP) is 4.01. The Bertz CT molecular complexity index is 388. The minimum atomic E-state index is 0.175. The lowest BCUT2D eigenvalue weighted by Crippen LogP contribution is -2.00. The lowest BCUT2D eigenvalue weighted by Gasteiger charge is -2.05. The van der Waals surface area contributed by atoms with Gasteiger partial charge in [0, 0.05) is 12.0 Å². The zero-order valence-corrected chi connectivity index (χ0v) is 10.8. The fraction of sp³-hybridized carbons (Fsp3) is 0.400. The van der Waals surface area contributed by atoms with E-state index in [0.717, 1.165) is 24.2 Å². The van der Waals surface area contributed by atoms with E-state index in [0.29, 0.717) is 6.42 Å². The standard InChI is InChI=1S/C15H20O2/c1-4-6-12(5-2)11-15(16)13-7-9-14(17-3)10-8-13/h6-10H,4-5,11H2,1-3H3/b12-6-. The van der Waals surface area contributed by atoms with Gasteiger partial charge in [-0.2, -0.15) is 0 Å². The second-order valence-corrected chi connectivity index (χ2v) is 3.95.